The predicted octanol–water partition coefficient (Wildman–Crippen LogP) is 3.21. The third-order valence-electron chi connectivity index (χ3n) is 7.98. The molecular formula is C21H32N2O2. The zero-order valence-electron chi connectivity index (χ0n) is 15.4. The molecule has 2 saturated heterocycles. The molecule has 6 rings (SSSR count). The molecule has 2 aliphatic heterocycles. The Balaban J connectivity index is 1.35. The van der Waals surface area contributed by atoms with Gasteiger partial charge in [0.2, 0.25) is 11.8 Å². The highest BCUT2D eigenvalue weighted by atomic mass is 16.2. The number of carbonyl (C=O) groups is 2. The standard InChI is InChI=1S/C21H32N2O2/c24-19-5-3-6-22(19)14-18-4-1-2-7-23(18)20(25)21-11-15-8-16(12-21)10-17(9-15)13-21/h15-18H,1-14H2/t15?,16?,17?,18-,21?/m0/s1. The quantitative estimate of drug-likeness (QED) is 0.789. The summed E-state index contributed by atoms with van der Waals surface area (Å²) < 4.78 is 0. The third kappa shape index (κ3) is 2.71. The molecule has 2 heterocycles. The maximum atomic E-state index is 13.7. The van der Waals surface area contributed by atoms with Crippen molar-refractivity contribution >= 4 is 11.8 Å². The highest BCUT2D eigenvalue weighted by Crippen LogP contribution is 2.60. The van der Waals surface area contributed by atoms with Crippen LogP contribution < -0.4 is 0 Å². The topological polar surface area (TPSA) is 40.6 Å². The van der Waals surface area contributed by atoms with Crippen molar-refractivity contribution in [1.82, 2.24) is 9.80 Å². The Morgan fingerprint density at radius 2 is 1.64 bits per heavy atom. The fourth-order valence-corrected chi connectivity index (χ4v) is 7.29. The van der Waals surface area contributed by atoms with E-state index < -0.39 is 0 Å². The number of likely N-dealkylation sites (tertiary alicyclic amines) is 2. The minimum absolute atomic E-state index is 0.0284. The summed E-state index contributed by atoms with van der Waals surface area (Å²) in [6.07, 6.45) is 12.8. The van der Waals surface area contributed by atoms with E-state index in [4.69, 9.17) is 0 Å². The van der Waals surface area contributed by atoms with Crippen molar-refractivity contribution in [2.24, 2.45) is 23.2 Å². The van der Waals surface area contributed by atoms with Crippen LogP contribution >= 0.6 is 0 Å². The van der Waals surface area contributed by atoms with E-state index in [1.165, 1.54) is 25.7 Å². The summed E-state index contributed by atoms with van der Waals surface area (Å²) in [5.74, 6) is 3.23. The molecule has 4 saturated carbocycles. The summed E-state index contributed by atoms with van der Waals surface area (Å²) in [5, 5.41) is 0. The van der Waals surface area contributed by atoms with Crippen LogP contribution in [0.5, 0.6) is 0 Å². The van der Waals surface area contributed by atoms with Gasteiger partial charge in [-0.1, -0.05) is 0 Å². The van der Waals surface area contributed by atoms with Crippen LogP contribution in [0, 0.1) is 23.2 Å². The lowest BCUT2D eigenvalue weighted by Gasteiger charge is -2.57. The van der Waals surface area contributed by atoms with Gasteiger partial charge in [-0.15, -0.1) is 0 Å². The molecule has 0 aromatic heterocycles. The Labute approximate surface area is 151 Å². The SMILES string of the molecule is O=C1CCCN1C[C@@H]1CCCCN1C(=O)C12CC3CC(CC(C3)C1)C2. The maximum absolute atomic E-state index is 13.7. The molecule has 25 heavy (non-hydrogen) atoms. The van der Waals surface area contributed by atoms with E-state index in [0.29, 0.717) is 18.2 Å². The first-order valence-electron chi connectivity index (χ1n) is 10.7. The van der Waals surface area contributed by atoms with Gasteiger partial charge < -0.3 is 9.80 Å². The lowest BCUT2D eigenvalue weighted by molar-refractivity contribution is -0.162. The minimum atomic E-state index is -0.0284. The minimum Gasteiger partial charge on any atom is -0.341 e. The first-order chi connectivity index (χ1) is 12.1. The van der Waals surface area contributed by atoms with Crippen LogP contribution in [0.25, 0.3) is 0 Å². The molecule has 1 atom stereocenters. The summed E-state index contributed by atoms with van der Waals surface area (Å²) in [6, 6.07) is 0.274. The third-order valence-corrected chi connectivity index (χ3v) is 7.98. The van der Waals surface area contributed by atoms with Crippen LogP contribution in [-0.2, 0) is 9.59 Å². The van der Waals surface area contributed by atoms with Crippen molar-refractivity contribution in [3.05, 3.63) is 0 Å². The molecule has 138 valence electrons. The number of amides is 2. The Bertz CT molecular complexity index is 537. The highest BCUT2D eigenvalue weighted by molar-refractivity contribution is 5.84. The molecule has 6 fully saturated rings. The van der Waals surface area contributed by atoms with Gasteiger partial charge in [0.15, 0.2) is 0 Å². The number of hydrogen-bond acceptors (Lipinski definition) is 2. The number of nitrogens with zero attached hydrogens (tertiary/aromatic N) is 2. The van der Waals surface area contributed by atoms with Crippen LogP contribution in [-0.4, -0.2) is 47.3 Å². The van der Waals surface area contributed by atoms with E-state index >= 15 is 0 Å². The second-order valence-electron chi connectivity index (χ2n) is 9.79. The number of rotatable bonds is 3. The molecule has 0 unspecified atom stereocenters. The van der Waals surface area contributed by atoms with Crippen molar-refractivity contribution < 1.29 is 9.59 Å². The molecule has 0 spiro atoms. The van der Waals surface area contributed by atoms with Gasteiger partial charge in [0.25, 0.3) is 0 Å². The van der Waals surface area contributed by atoms with Crippen LogP contribution in [0.1, 0.15) is 70.6 Å². The van der Waals surface area contributed by atoms with Gasteiger partial charge in [-0.2, -0.15) is 0 Å². The first kappa shape index (κ1) is 16.1. The van der Waals surface area contributed by atoms with Crippen LogP contribution in [0.2, 0.25) is 0 Å². The van der Waals surface area contributed by atoms with Crippen molar-refractivity contribution in [2.45, 2.75) is 76.7 Å². The summed E-state index contributed by atoms with van der Waals surface area (Å²) in [5.41, 5.74) is -0.0284. The summed E-state index contributed by atoms with van der Waals surface area (Å²) in [7, 11) is 0. The molecule has 0 radical (unpaired) electrons. The molecule has 6 aliphatic rings. The number of hydrogen-bond donors (Lipinski definition) is 0. The first-order valence-corrected chi connectivity index (χ1v) is 10.7. The number of carbonyl (C=O) groups excluding carboxylic acids is 2. The molecule has 0 aromatic carbocycles. The zero-order valence-corrected chi connectivity index (χ0v) is 15.4. The van der Waals surface area contributed by atoms with Crippen LogP contribution in [0.15, 0.2) is 0 Å². The van der Waals surface area contributed by atoms with E-state index in [0.717, 1.165) is 75.9 Å². The van der Waals surface area contributed by atoms with Crippen LogP contribution in [0.3, 0.4) is 0 Å². The Kier molecular flexibility index (Phi) is 3.87. The smallest absolute Gasteiger partial charge is 0.229 e. The van der Waals surface area contributed by atoms with E-state index in [-0.39, 0.29) is 11.5 Å². The van der Waals surface area contributed by atoms with E-state index in [1.807, 2.05) is 4.90 Å². The average molecular weight is 344 g/mol. The van der Waals surface area contributed by atoms with Crippen LogP contribution in [0.4, 0.5) is 0 Å². The zero-order chi connectivity index (χ0) is 17.0. The van der Waals surface area contributed by atoms with Gasteiger partial charge in [-0.25, -0.2) is 0 Å². The Hall–Kier alpha value is -1.06. The van der Waals surface area contributed by atoms with Gasteiger partial charge in [0, 0.05) is 32.1 Å². The maximum Gasteiger partial charge on any atom is 0.229 e. The summed E-state index contributed by atoms with van der Waals surface area (Å²) in [4.78, 5) is 30.1. The lowest BCUT2D eigenvalue weighted by Crippen LogP contribution is -2.59. The van der Waals surface area contributed by atoms with Gasteiger partial charge >= 0.3 is 0 Å². The van der Waals surface area contributed by atoms with Crippen molar-refractivity contribution in [3.63, 3.8) is 0 Å². The normalized spacial score (nSPS) is 43.1. The largest absolute Gasteiger partial charge is 0.341 e. The van der Waals surface area contributed by atoms with Gasteiger partial charge in [0.1, 0.15) is 0 Å². The lowest BCUT2D eigenvalue weighted by atomic mass is 9.49. The van der Waals surface area contributed by atoms with E-state index in [9.17, 15) is 9.59 Å². The predicted molar refractivity (Wildman–Crippen MR) is 95.8 cm³/mol. The van der Waals surface area contributed by atoms with Gasteiger partial charge in [0.05, 0.1) is 5.41 Å². The second-order valence-corrected chi connectivity index (χ2v) is 9.79. The fourth-order valence-electron chi connectivity index (χ4n) is 7.29. The Morgan fingerprint density at radius 3 is 2.24 bits per heavy atom. The summed E-state index contributed by atoms with van der Waals surface area (Å²) >= 11 is 0. The molecule has 4 bridgehead atoms. The van der Waals surface area contributed by atoms with E-state index in [2.05, 4.69) is 4.90 Å². The van der Waals surface area contributed by atoms with E-state index in [1.54, 1.807) is 0 Å². The second kappa shape index (κ2) is 5.99. The Morgan fingerprint density at radius 1 is 0.960 bits per heavy atom. The average Bonchev–Trinajstić information content (AvgIpc) is 2.98. The van der Waals surface area contributed by atoms with Crippen molar-refractivity contribution in [2.75, 3.05) is 19.6 Å². The molecule has 4 aliphatic carbocycles. The summed E-state index contributed by atoms with van der Waals surface area (Å²) in [6.45, 7) is 2.61. The number of piperidine rings is 1. The molecule has 4 heteroatoms. The monoisotopic (exact) mass is 344 g/mol. The molecule has 0 aromatic rings. The molecule has 2 amide bonds. The van der Waals surface area contributed by atoms with Gasteiger partial charge in [-0.05, 0) is 82.0 Å². The van der Waals surface area contributed by atoms with Crippen molar-refractivity contribution in [1.29, 1.82) is 0 Å². The molecular weight excluding hydrogens is 312 g/mol. The molecule has 0 N–H and O–H groups in total. The fraction of sp³-hybridized carbons (Fsp3) is 0.905. The van der Waals surface area contributed by atoms with Gasteiger partial charge in [-0.3, -0.25) is 9.59 Å². The highest BCUT2D eigenvalue weighted by Gasteiger charge is 2.56. The van der Waals surface area contributed by atoms with Crippen molar-refractivity contribution in [3.8, 4) is 0 Å². The molecule has 4 nitrogen and oxygen atoms in total.